The molecule has 1 aromatic carbocycles. The first-order valence-corrected chi connectivity index (χ1v) is 11.6. The first kappa shape index (κ1) is 21.3. The molecule has 2 saturated carbocycles. The van der Waals surface area contributed by atoms with Gasteiger partial charge in [-0.3, -0.25) is 0 Å². The van der Waals surface area contributed by atoms with Crippen molar-refractivity contribution < 1.29 is 15.3 Å². The number of rotatable bonds is 13. The van der Waals surface area contributed by atoms with Crippen LogP contribution < -0.4 is 0 Å². The van der Waals surface area contributed by atoms with Gasteiger partial charge in [0, 0.05) is 5.56 Å². The first-order valence-electron chi connectivity index (χ1n) is 11.6. The van der Waals surface area contributed by atoms with Crippen LogP contribution in [0, 0.1) is 10.8 Å². The molecule has 0 amide bonds. The van der Waals surface area contributed by atoms with Crippen molar-refractivity contribution in [1.82, 2.24) is 0 Å². The summed E-state index contributed by atoms with van der Waals surface area (Å²) in [5.74, 6) is -0.660. The van der Waals surface area contributed by atoms with Gasteiger partial charge >= 0.3 is 0 Å². The van der Waals surface area contributed by atoms with E-state index < -0.39 is 0 Å². The fourth-order valence-corrected chi connectivity index (χ4v) is 4.42. The van der Waals surface area contributed by atoms with Crippen LogP contribution in [0.15, 0.2) is 6.07 Å². The van der Waals surface area contributed by atoms with Gasteiger partial charge in [-0.05, 0) is 86.7 Å². The molecule has 0 atom stereocenters. The molecule has 2 aliphatic carbocycles. The number of unbranched alkanes of at least 4 members (excludes halogenated alkanes) is 5. The molecule has 0 aromatic heterocycles. The Labute approximate surface area is 171 Å². The lowest BCUT2D eigenvalue weighted by Gasteiger charge is -2.15. The highest BCUT2D eigenvalue weighted by Crippen LogP contribution is 2.50. The van der Waals surface area contributed by atoms with Crippen molar-refractivity contribution in [2.24, 2.45) is 10.8 Å². The SMILES string of the molecule is CC1(CCCCCCc2cc(O)c(O)c(O)c2CCCCCC2(C)CC2)CC1. The number of phenols is 3. The van der Waals surface area contributed by atoms with Crippen LogP contribution in [0.3, 0.4) is 0 Å². The smallest absolute Gasteiger partial charge is 0.200 e. The molecule has 0 unspecified atom stereocenters. The molecule has 0 saturated heterocycles. The van der Waals surface area contributed by atoms with E-state index in [4.69, 9.17) is 0 Å². The average molecular weight is 389 g/mol. The highest BCUT2D eigenvalue weighted by atomic mass is 16.3. The van der Waals surface area contributed by atoms with Crippen molar-refractivity contribution in [2.75, 3.05) is 0 Å². The summed E-state index contributed by atoms with van der Waals surface area (Å²) in [6.45, 7) is 4.77. The summed E-state index contributed by atoms with van der Waals surface area (Å²) in [5.41, 5.74) is 3.12. The van der Waals surface area contributed by atoms with Gasteiger partial charge in [0.1, 0.15) is 0 Å². The predicted molar refractivity (Wildman–Crippen MR) is 115 cm³/mol. The van der Waals surface area contributed by atoms with Gasteiger partial charge in [0.15, 0.2) is 11.5 Å². The van der Waals surface area contributed by atoms with Crippen molar-refractivity contribution in [3.8, 4) is 17.2 Å². The molecule has 0 aliphatic heterocycles. The standard InChI is InChI=1S/C25H40O3/c1-24(14-15-24)12-8-4-3-6-10-19-18-21(26)23(28)22(27)20(19)11-7-5-9-13-25(2)16-17-25/h18,26-28H,3-17H2,1-2H3. The minimum Gasteiger partial charge on any atom is -0.504 e. The zero-order valence-electron chi connectivity index (χ0n) is 18.0. The van der Waals surface area contributed by atoms with Crippen LogP contribution >= 0.6 is 0 Å². The lowest BCUT2D eigenvalue weighted by molar-refractivity contribution is 0.363. The Hall–Kier alpha value is -1.38. The van der Waals surface area contributed by atoms with E-state index in [1.54, 1.807) is 6.07 Å². The fraction of sp³-hybridized carbons (Fsp3) is 0.760. The van der Waals surface area contributed by atoms with Crippen molar-refractivity contribution in [1.29, 1.82) is 0 Å². The van der Waals surface area contributed by atoms with Gasteiger partial charge in [-0.25, -0.2) is 0 Å². The summed E-state index contributed by atoms with van der Waals surface area (Å²) < 4.78 is 0. The summed E-state index contributed by atoms with van der Waals surface area (Å²) >= 11 is 0. The monoisotopic (exact) mass is 388 g/mol. The Balaban J connectivity index is 1.44. The quantitative estimate of drug-likeness (QED) is 0.252. The summed E-state index contributed by atoms with van der Waals surface area (Å²) in [6.07, 6.45) is 18.2. The van der Waals surface area contributed by atoms with Crippen LogP contribution in [0.5, 0.6) is 17.2 Å². The Morgan fingerprint density at radius 1 is 0.679 bits per heavy atom. The van der Waals surface area contributed by atoms with Gasteiger partial charge < -0.3 is 15.3 Å². The Kier molecular flexibility index (Phi) is 6.83. The Morgan fingerprint density at radius 3 is 1.75 bits per heavy atom. The van der Waals surface area contributed by atoms with Crippen LogP contribution in [0.1, 0.15) is 108 Å². The molecule has 28 heavy (non-hydrogen) atoms. The Morgan fingerprint density at radius 2 is 1.18 bits per heavy atom. The largest absolute Gasteiger partial charge is 0.504 e. The van der Waals surface area contributed by atoms with Crippen molar-refractivity contribution in [3.05, 3.63) is 17.2 Å². The van der Waals surface area contributed by atoms with Crippen LogP contribution in [-0.4, -0.2) is 15.3 Å². The number of benzene rings is 1. The zero-order chi connectivity index (χ0) is 20.2. The third-order valence-electron chi connectivity index (χ3n) is 7.34. The maximum atomic E-state index is 10.4. The molecule has 3 rings (SSSR count). The summed E-state index contributed by atoms with van der Waals surface area (Å²) in [6, 6.07) is 1.67. The number of hydrogen-bond donors (Lipinski definition) is 3. The number of aromatic hydroxyl groups is 3. The topological polar surface area (TPSA) is 60.7 Å². The first-order chi connectivity index (χ1) is 13.3. The molecule has 0 spiro atoms. The third kappa shape index (κ3) is 6.06. The van der Waals surface area contributed by atoms with Gasteiger partial charge in [0.05, 0.1) is 0 Å². The molecule has 158 valence electrons. The molecular weight excluding hydrogens is 348 g/mol. The molecule has 0 bridgehead atoms. The Bertz CT molecular complexity index is 656. The van der Waals surface area contributed by atoms with E-state index in [2.05, 4.69) is 13.8 Å². The second-order valence-electron chi connectivity index (χ2n) is 10.3. The summed E-state index contributed by atoms with van der Waals surface area (Å²) in [5, 5.41) is 30.3. The van der Waals surface area contributed by atoms with Crippen LogP contribution in [0.25, 0.3) is 0 Å². The van der Waals surface area contributed by atoms with E-state index in [0.29, 0.717) is 10.8 Å². The van der Waals surface area contributed by atoms with Crippen molar-refractivity contribution in [2.45, 2.75) is 110 Å². The second-order valence-corrected chi connectivity index (χ2v) is 10.3. The van der Waals surface area contributed by atoms with Gasteiger partial charge in [-0.15, -0.1) is 0 Å². The van der Waals surface area contributed by atoms with E-state index >= 15 is 0 Å². The number of aryl methyl sites for hydroxylation is 1. The molecule has 0 radical (unpaired) electrons. The number of hydrogen-bond acceptors (Lipinski definition) is 3. The zero-order valence-corrected chi connectivity index (χ0v) is 18.0. The van der Waals surface area contributed by atoms with Crippen LogP contribution in [0.4, 0.5) is 0 Å². The van der Waals surface area contributed by atoms with Gasteiger partial charge in [-0.1, -0.05) is 46.0 Å². The van der Waals surface area contributed by atoms with Gasteiger partial charge in [-0.2, -0.15) is 0 Å². The molecule has 3 N–H and O–H groups in total. The van der Waals surface area contributed by atoms with Crippen molar-refractivity contribution in [3.63, 3.8) is 0 Å². The highest BCUT2D eigenvalue weighted by molar-refractivity contribution is 5.57. The average Bonchev–Trinajstić information content (AvgIpc) is 3.57. The molecule has 3 heteroatoms. The minimum absolute atomic E-state index is 0.106. The molecule has 0 heterocycles. The van der Waals surface area contributed by atoms with E-state index in [0.717, 1.165) is 43.2 Å². The third-order valence-corrected chi connectivity index (χ3v) is 7.34. The van der Waals surface area contributed by atoms with E-state index in [1.807, 2.05) is 0 Å². The van der Waals surface area contributed by atoms with E-state index in [1.165, 1.54) is 64.2 Å². The van der Waals surface area contributed by atoms with Gasteiger partial charge in [0.2, 0.25) is 5.75 Å². The van der Waals surface area contributed by atoms with E-state index in [-0.39, 0.29) is 17.2 Å². The maximum Gasteiger partial charge on any atom is 0.200 e. The molecule has 2 aliphatic rings. The summed E-state index contributed by atoms with van der Waals surface area (Å²) in [4.78, 5) is 0. The van der Waals surface area contributed by atoms with Crippen molar-refractivity contribution >= 4 is 0 Å². The number of phenolic OH excluding ortho intramolecular Hbond substituents is 3. The second kappa shape index (κ2) is 8.97. The van der Waals surface area contributed by atoms with Gasteiger partial charge in [0.25, 0.3) is 0 Å². The normalized spacial score (nSPS) is 18.9. The predicted octanol–water partition coefficient (Wildman–Crippen LogP) is 7.00. The molecule has 1 aromatic rings. The lowest BCUT2D eigenvalue weighted by Crippen LogP contribution is -1.98. The van der Waals surface area contributed by atoms with Crippen LogP contribution in [0.2, 0.25) is 0 Å². The minimum atomic E-state index is -0.359. The van der Waals surface area contributed by atoms with Crippen LogP contribution in [-0.2, 0) is 12.8 Å². The lowest BCUT2D eigenvalue weighted by atomic mass is 9.93. The highest BCUT2D eigenvalue weighted by Gasteiger charge is 2.36. The molecular formula is C25H40O3. The summed E-state index contributed by atoms with van der Waals surface area (Å²) in [7, 11) is 0. The fourth-order valence-electron chi connectivity index (χ4n) is 4.42. The molecule has 2 fully saturated rings. The van der Waals surface area contributed by atoms with E-state index in [9.17, 15) is 15.3 Å². The maximum absolute atomic E-state index is 10.4. The molecule has 3 nitrogen and oxygen atoms in total.